The Morgan fingerprint density at radius 2 is 1.54 bits per heavy atom. The number of fused-ring (bicyclic) bond motifs is 2. The van der Waals surface area contributed by atoms with Crippen molar-refractivity contribution in [3.8, 4) is 23.0 Å². The summed E-state index contributed by atoms with van der Waals surface area (Å²) in [5.74, 6) is -2.19. The highest BCUT2D eigenvalue weighted by Gasteiger charge is 2.45. The predicted octanol–water partition coefficient (Wildman–Crippen LogP) is 7.32. The van der Waals surface area contributed by atoms with Gasteiger partial charge in [-0.1, -0.05) is 12.1 Å². The maximum atomic E-state index is 15.8. The number of likely N-dealkylation sites (tertiary alicyclic amines) is 1. The Hall–Kier alpha value is -6.60. The van der Waals surface area contributed by atoms with Crippen LogP contribution in [0.3, 0.4) is 0 Å². The number of ether oxygens (including phenoxy) is 3. The molecule has 16 nitrogen and oxygen atoms in total. The van der Waals surface area contributed by atoms with Crippen molar-refractivity contribution >= 4 is 56.0 Å². The summed E-state index contributed by atoms with van der Waals surface area (Å²) in [6.45, 7) is 4.33. The van der Waals surface area contributed by atoms with Gasteiger partial charge in [-0.3, -0.25) is 39.1 Å². The number of piperidine rings is 2. The molecule has 3 saturated heterocycles. The fourth-order valence-electron chi connectivity index (χ4n) is 10.3. The second-order valence-corrected chi connectivity index (χ2v) is 20.5. The van der Waals surface area contributed by atoms with Gasteiger partial charge in [-0.25, -0.2) is 13.2 Å². The average Bonchev–Trinajstić information content (AvgIpc) is 3.78. The summed E-state index contributed by atoms with van der Waals surface area (Å²) in [6, 6.07) is 19.6. The van der Waals surface area contributed by atoms with Crippen LogP contribution in [0.4, 0.5) is 25.1 Å². The third kappa shape index (κ3) is 9.71. The van der Waals surface area contributed by atoms with Gasteiger partial charge in [0, 0.05) is 56.4 Å². The first-order valence-corrected chi connectivity index (χ1v) is 25.3. The van der Waals surface area contributed by atoms with Crippen molar-refractivity contribution in [2.45, 2.75) is 51.0 Å². The third-order valence-corrected chi connectivity index (χ3v) is 14.7. The summed E-state index contributed by atoms with van der Waals surface area (Å²) in [7, 11) is -0.437. The lowest BCUT2D eigenvalue weighted by molar-refractivity contribution is -0.120. The van der Waals surface area contributed by atoms with E-state index in [0.29, 0.717) is 95.6 Å². The van der Waals surface area contributed by atoms with Gasteiger partial charge >= 0.3 is 6.03 Å². The van der Waals surface area contributed by atoms with E-state index in [2.05, 4.69) is 15.3 Å². The lowest BCUT2D eigenvalue weighted by Crippen LogP contribution is -2.49. The number of hydrogen-bond acceptors (Lipinski definition) is 12. The number of imide groups is 2. The van der Waals surface area contributed by atoms with Crippen molar-refractivity contribution in [1.29, 1.82) is 0 Å². The number of benzene rings is 4. The number of alkyl halides is 2. The summed E-state index contributed by atoms with van der Waals surface area (Å²) in [4.78, 5) is 59.0. The van der Waals surface area contributed by atoms with Crippen LogP contribution in [0.15, 0.2) is 78.9 Å². The fraction of sp³-hybridized carbons (Fsp3) is 0.420. The number of anilines is 2. The summed E-state index contributed by atoms with van der Waals surface area (Å²) >= 11 is 0. The van der Waals surface area contributed by atoms with E-state index < -0.39 is 51.9 Å². The third-order valence-electron chi connectivity index (χ3n) is 13.8. The molecule has 3 fully saturated rings. The molecular formula is C50H55F2N7O9S. The maximum absolute atomic E-state index is 15.8. The van der Waals surface area contributed by atoms with E-state index in [1.165, 1.54) is 36.3 Å². The van der Waals surface area contributed by atoms with E-state index >= 15 is 8.78 Å². The molecule has 9 rings (SSSR count). The fourth-order valence-corrected chi connectivity index (χ4v) is 11.2. The number of urea groups is 1. The Balaban J connectivity index is 0.790. The summed E-state index contributed by atoms with van der Waals surface area (Å²) in [5, 5.41) is 7.50. The number of amides is 5. The number of nitrogens with one attached hydrogen (secondary N) is 1. The van der Waals surface area contributed by atoms with Gasteiger partial charge in [0.05, 0.1) is 54.4 Å². The van der Waals surface area contributed by atoms with Crippen LogP contribution in [0.5, 0.6) is 23.0 Å². The second kappa shape index (κ2) is 19.1. The molecule has 69 heavy (non-hydrogen) atoms. The van der Waals surface area contributed by atoms with E-state index in [1.54, 1.807) is 67.2 Å². The minimum atomic E-state index is -3.67. The highest BCUT2D eigenvalue weighted by molar-refractivity contribution is 7.90. The number of carbonyl (C=O) groups is 4. The smallest absolute Gasteiger partial charge is 0.329 e. The van der Waals surface area contributed by atoms with Gasteiger partial charge < -0.3 is 19.1 Å². The van der Waals surface area contributed by atoms with Gasteiger partial charge in [0.1, 0.15) is 21.3 Å². The largest absolute Gasteiger partial charge is 0.493 e. The van der Waals surface area contributed by atoms with E-state index in [1.807, 2.05) is 11.0 Å². The number of aromatic nitrogens is 2. The van der Waals surface area contributed by atoms with Crippen LogP contribution >= 0.6 is 0 Å². The molecule has 0 radical (unpaired) electrons. The number of rotatable bonds is 15. The second-order valence-electron chi connectivity index (χ2n) is 18.3. The van der Waals surface area contributed by atoms with Gasteiger partial charge in [-0.2, -0.15) is 13.9 Å². The molecule has 1 aromatic heterocycles. The number of carbonyl (C=O) groups excluding carboxylic acids is 4. The molecule has 5 amide bonds. The van der Waals surface area contributed by atoms with E-state index in [9.17, 15) is 27.6 Å². The minimum Gasteiger partial charge on any atom is -0.493 e. The molecule has 364 valence electrons. The summed E-state index contributed by atoms with van der Waals surface area (Å²) in [5.41, 5.74) is 2.14. The van der Waals surface area contributed by atoms with E-state index in [4.69, 9.17) is 14.2 Å². The number of methoxy groups -OCH3 is 1. The highest BCUT2D eigenvalue weighted by atomic mass is 32.2. The molecule has 0 spiro atoms. The van der Waals surface area contributed by atoms with Crippen molar-refractivity contribution < 1.29 is 50.6 Å². The molecule has 5 heterocycles. The van der Waals surface area contributed by atoms with Crippen LogP contribution in [0.2, 0.25) is 0 Å². The first kappa shape index (κ1) is 47.5. The van der Waals surface area contributed by atoms with Crippen molar-refractivity contribution in [2.75, 3.05) is 74.8 Å². The number of nitrogens with zero attached hydrogens (tertiary/aromatic N) is 6. The number of aryl methyl sites for hydroxylation is 1. The van der Waals surface area contributed by atoms with Gasteiger partial charge in [0.25, 0.3) is 17.7 Å². The molecule has 1 N–H and O–H groups in total. The zero-order valence-corrected chi connectivity index (χ0v) is 39.8. The first-order chi connectivity index (χ1) is 33.0. The number of halogens is 2. The predicted molar refractivity (Wildman–Crippen MR) is 254 cm³/mol. The number of hydrogen-bond donors (Lipinski definition) is 1. The SMILES string of the molecule is CCOc1cc([C@@H](CS(C)(=O)=O)N2C(=O)c3cccc(N4CCC(C5CCN(CC(F)(F)c6ccc(Oc7ccc8c(N9CCC(=O)NC9=O)nn(C)c8c7)cc6)CC5)CC4)c3C2=O)ccc1OC. The van der Waals surface area contributed by atoms with Gasteiger partial charge in [0.2, 0.25) is 5.91 Å². The molecule has 0 bridgehead atoms. The molecule has 0 saturated carbocycles. The molecule has 0 aliphatic carbocycles. The molecule has 4 aliphatic rings. The highest BCUT2D eigenvalue weighted by Crippen LogP contribution is 2.42. The van der Waals surface area contributed by atoms with Crippen molar-refractivity contribution in [3.63, 3.8) is 0 Å². The van der Waals surface area contributed by atoms with E-state index in [0.717, 1.165) is 36.8 Å². The summed E-state index contributed by atoms with van der Waals surface area (Å²) < 4.78 is 75.9. The molecular weight excluding hydrogens is 913 g/mol. The number of sulfone groups is 1. The van der Waals surface area contributed by atoms with Crippen molar-refractivity contribution in [2.24, 2.45) is 18.9 Å². The lowest BCUT2D eigenvalue weighted by Gasteiger charge is -2.41. The van der Waals surface area contributed by atoms with Crippen molar-refractivity contribution in [1.82, 2.24) is 24.9 Å². The quantitative estimate of drug-likeness (QED) is 0.104. The topological polar surface area (TPSA) is 173 Å². The Labute approximate surface area is 399 Å². The standard InChI is InChI=1S/C50H55F2N7O9S/c1-5-67-43-27-33(9-16-42(43)66-3)41(29-69(4,64)65)59-47(61)38-7-6-8-39(45(38)48(59)62)57-24-19-32(20-25-57)31-17-22-56(23-18-31)30-50(51,52)34-10-12-35(13-11-34)68-36-14-15-37-40(28-36)55(2)54-46(37)58-26-21-44(60)53-49(58)63/h6-16,27-28,31-32,41H,5,17-26,29-30H2,1-4H3,(H,53,60,63)/t41-/m1/s1. The van der Waals surface area contributed by atoms with Gasteiger partial charge in [-0.15, -0.1) is 0 Å². The Bertz CT molecular complexity index is 2910. The average molecular weight is 968 g/mol. The summed E-state index contributed by atoms with van der Waals surface area (Å²) in [6.07, 6.45) is 4.51. The Morgan fingerprint density at radius 3 is 2.20 bits per heavy atom. The molecule has 4 aliphatic heterocycles. The maximum Gasteiger partial charge on any atom is 0.329 e. The molecule has 19 heteroatoms. The molecule has 5 aromatic rings. The lowest BCUT2D eigenvalue weighted by atomic mass is 9.78. The molecule has 1 atom stereocenters. The minimum absolute atomic E-state index is 0.104. The van der Waals surface area contributed by atoms with Crippen LogP contribution in [0, 0.1) is 11.8 Å². The van der Waals surface area contributed by atoms with Crippen LogP contribution in [-0.4, -0.2) is 117 Å². The Kier molecular flexibility index (Phi) is 13.1. The van der Waals surface area contributed by atoms with E-state index in [-0.39, 0.29) is 35.6 Å². The van der Waals surface area contributed by atoms with Crippen molar-refractivity contribution in [3.05, 3.63) is 101 Å². The monoisotopic (exact) mass is 967 g/mol. The molecule has 0 unspecified atom stereocenters. The first-order valence-electron chi connectivity index (χ1n) is 23.2. The van der Waals surface area contributed by atoms with Crippen LogP contribution in [0.25, 0.3) is 10.9 Å². The zero-order valence-electron chi connectivity index (χ0n) is 39.0. The van der Waals surface area contributed by atoms with Crippen LogP contribution < -0.4 is 29.3 Å². The van der Waals surface area contributed by atoms with Gasteiger partial charge in [0.15, 0.2) is 17.3 Å². The van der Waals surface area contributed by atoms with Crippen LogP contribution in [-0.2, 0) is 27.6 Å². The Morgan fingerprint density at radius 1 is 0.841 bits per heavy atom. The van der Waals surface area contributed by atoms with Crippen LogP contribution in [0.1, 0.15) is 76.9 Å². The molecule has 4 aromatic carbocycles. The zero-order chi connectivity index (χ0) is 48.8. The van der Waals surface area contributed by atoms with Gasteiger partial charge in [-0.05, 0) is 124 Å². The normalized spacial score (nSPS) is 18.2.